The first kappa shape index (κ1) is 10.6. The van der Waals surface area contributed by atoms with Gasteiger partial charge in [0, 0.05) is 9.64 Å². The third-order valence-corrected chi connectivity index (χ3v) is 2.66. The second-order valence-electron chi connectivity index (χ2n) is 4.13. The number of benzene rings is 1. The molecule has 0 aliphatic rings. The highest BCUT2D eigenvalue weighted by Crippen LogP contribution is 2.32. The van der Waals surface area contributed by atoms with Crippen LogP contribution in [0.4, 0.5) is 4.39 Å². The summed E-state index contributed by atoms with van der Waals surface area (Å²) in [5, 5.41) is 0. The third kappa shape index (κ3) is 3.39. The summed E-state index contributed by atoms with van der Waals surface area (Å²) in [6.07, 6.45) is 0. The lowest BCUT2D eigenvalue weighted by Crippen LogP contribution is -2.06. The van der Waals surface area contributed by atoms with Gasteiger partial charge >= 0.3 is 0 Å². The van der Waals surface area contributed by atoms with Gasteiger partial charge in [-0.2, -0.15) is 0 Å². The van der Waals surface area contributed by atoms with E-state index in [1.165, 1.54) is 6.07 Å². The molecule has 13 heavy (non-hydrogen) atoms. The molecule has 0 saturated carbocycles. The molecule has 0 N–H and O–H groups in total. The van der Waals surface area contributed by atoms with Crippen LogP contribution < -0.4 is 0 Å². The minimum absolute atomic E-state index is 0.127. The molecule has 0 bridgehead atoms. The standard InChI is InChI=1S/C11H15FS/c1-8-7-9(5-6-10(8)12)13-11(2,3)4/h5-7H,1-4H3. The molecular formula is C11H15FS. The van der Waals surface area contributed by atoms with Crippen molar-refractivity contribution >= 4 is 11.8 Å². The van der Waals surface area contributed by atoms with Crippen molar-refractivity contribution in [1.82, 2.24) is 0 Å². The van der Waals surface area contributed by atoms with E-state index in [0.717, 1.165) is 4.90 Å². The molecule has 1 aromatic rings. The normalized spacial score (nSPS) is 11.8. The van der Waals surface area contributed by atoms with Crippen molar-refractivity contribution in [3.05, 3.63) is 29.6 Å². The quantitative estimate of drug-likeness (QED) is 0.614. The minimum atomic E-state index is -0.127. The molecule has 0 spiro atoms. The van der Waals surface area contributed by atoms with E-state index >= 15 is 0 Å². The van der Waals surface area contributed by atoms with E-state index in [1.807, 2.05) is 12.1 Å². The fourth-order valence-corrected chi connectivity index (χ4v) is 2.11. The van der Waals surface area contributed by atoms with E-state index in [9.17, 15) is 4.39 Å². The van der Waals surface area contributed by atoms with Gasteiger partial charge in [0.05, 0.1) is 0 Å². The zero-order valence-corrected chi connectivity index (χ0v) is 9.33. The minimum Gasteiger partial charge on any atom is -0.207 e. The average molecular weight is 198 g/mol. The van der Waals surface area contributed by atoms with Crippen molar-refractivity contribution in [2.75, 3.05) is 0 Å². The molecule has 0 nitrogen and oxygen atoms in total. The highest BCUT2D eigenvalue weighted by Gasteiger charge is 2.12. The molecule has 0 fully saturated rings. The number of halogens is 1. The van der Waals surface area contributed by atoms with Gasteiger partial charge in [-0.1, -0.05) is 20.8 Å². The third-order valence-electron chi connectivity index (χ3n) is 1.55. The molecule has 1 rings (SSSR count). The SMILES string of the molecule is Cc1cc(SC(C)(C)C)ccc1F. The van der Waals surface area contributed by atoms with Crippen LogP contribution in [0.1, 0.15) is 26.3 Å². The smallest absolute Gasteiger partial charge is 0.126 e. The van der Waals surface area contributed by atoms with E-state index in [-0.39, 0.29) is 10.6 Å². The van der Waals surface area contributed by atoms with Crippen LogP contribution in [0.3, 0.4) is 0 Å². The van der Waals surface area contributed by atoms with Crippen LogP contribution in [0.25, 0.3) is 0 Å². The number of thioether (sulfide) groups is 1. The molecule has 0 unspecified atom stereocenters. The molecular weight excluding hydrogens is 183 g/mol. The summed E-state index contributed by atoms with van der Waals surface area (Å²) in [4.78, 5) is 1.13. The molecule has 0 saturated heterocycles. The van der Waals surface area contributed by atoms with Crippen molar-refractivity contribution in [2.24, 2.45) is 0 Å². The van der Waals surface area contributed by atoms with Gasteiger partial charge < -0.3 is 0 Å². The Morgan fingerprint density at radius 2 is 1.85 bits per heavy atom. The molecule has 0 atom stereocenters. The Hall–Kier alpha value is -0.500. The van der Waals surface area contributed by atoms with Crippen LogP contribution >= 0.6 is 11.8 Å². The van der Waals surface area contributed by atoms with Crippen molar-refractivity contribution in [3.8, 4) is 0 Å². The summed E-state index contributed by atoms with van der Waals surface area (Å²) >= 11 is 1.76. The Morgan fingerprint density at radius 1 is 1.23 bits per heavy atom. The highest BCUT2D eigenvalue weighted by atomic mass is 32.2. The summed E-state index contributed by atoms with van der Waals surface area (Å²) < 4.78 is 13.1. The first-order valence-corrected chi connectivity index (χ1v) is 5.15. The zero-order chi connectivity index (χ0) is 10.1. The first-order chi connectivity index (χ1) is 5.88. The predicted molar refractivity (Wildman–Crippen MR) is 56.7 cm³/mol. The fourth-order valence-electron chi connectivity index (χ4n) is 1.03. The van der Waals surface area contributed by atoms with Gasteiger partial charge in [-0.3, -0.25) is 0 Å². The Bertz CT molecular complexity index is 299. The monoisotopic (exact) mass is 198 g/mol. The van der Waals surface area contributed by atoms with Crippen LogP contribution in [0, 0.1) is 12.7 Å². The molecule has 0 aliphatic heterocycles. The van der Waals surface area contributed by atoms with E-state index in [0.29, 0.717) is 5.56 Å². The molecule has 0 radical (unpaired) electrons. The Morgan fingerprint density at radius 3 is 2.31 bits per heavy atom. The Balaban J connectivity index is 2.86. The summed E-state index contributed by atoms with van der Waals surface area (Å²) in [5.41, 5.74) is 0.717. The summed E-state index contributed by atoms with van der Waals surface area (Å²) in [6.45, 7) is 8.24. The molecule has 2 heteroatoms. The Labute approximate surface area is 83.5 Å². The van der Waals surface area contributed by atoms with E-state index in [4.69, 9.17) is 0 Å². The number of aryl methyl sites for hydroxylation is 1. The second kappa shape index (κ2) is 3.70. The van der Waals surface area contributed by atoms with E-state index in [1.54, 1.807) is 18.7 Å². The molecule has 72 valence electrons. The van der Waals surface area contributed by atoms with Gasteiger partial charge in [0.1, 0.15) is 5.82 Å². The molecule has 0 aliphatic carbocycles. The zero-order valence-electron chi connectivity index (χ0n) is 8.52. The maximum atomic E-state index is 12.9. The number of hydrogen-bond acceptors (Lipinski definition) is 1. The second-order valence-corrected chi connectivity index (χ2v) is 6.03. The lowest BCUT2D eigenvalue weighted by molar-refractivity contribution is 0.617. The van der Waals surface area contributed by atoms with Gasteiger partial charge in [0.25, 0.3) is 0 Å². The van der Waals surface area contributed by atoms with Crippen molar-refractivity contribution in [3.63, 3.8) is 0 Å². The lowest BCUT2D eigenvalue weighted by Gasteiger charge is -2.17. The van der Waals surface area contributed by atoms with Gasteiger partial charge in [0.15, 0.2) is 0 Å². The summed E-state index contributed by atoms with van der Waals surface area (Å²) in [5.74, 6) is -0.127. The maximum absolute atomic E-state index is 12.9. The van der Waals surface area contributed by atoms with E-state index < -0.39 is 0 Å². The summed E-state index contributed by atoms with van der Waals surface area (Å²) in [7, 11) is 0. The average Bonchev–Trinajstić information content (AvgIpc) is 1.94. The van der Waals surface area contributed by atoms with Crippen molar-refractivity contribution < 1.29 is 4.39 Å². The molecule has 0 amide bonds. The first-order valence-electron chi connectivity index (χ1n) is 4.34. The molecule has 0 aromatic heterocycles. The summed E-state index contributed by atoms with van der Waals surface area (Å²) in [6, 6.07) is 5.26. The van der Waals surface area contributed by atoms with Crippen LogP contribution in [0.5, 0.6) is 0 Å². The van der Waals surface area contributed by atoms with Gasteiger partial charge in [0.2, 0.25) is 0 Å². The van der Waals surface area contributed by atoms with Gasteiger partial charge in [-0.15, -0.1) is 11.8 Å². The van der Waals surface area contributed by atoms with Gasteiger partial charge in [-0.25, -0.2) is 4.39 Å². The fraction of sp³-hybridized carbons (Fsp3) is 0.455. The molecule has 1 aromatic carbocycles. The lowest BCUT2D eigenvalue weighted by atomic mass is 10.2. The maximum Gasteiger partial charge on any atom is 0.126 e. The molecule has 0 heterocycles. The van der Waals surface area contributed by atoms with Crippen LogP contribution in [0.15, 0.2) is 23.1 Å². The van der Waals surface area contributed by atoms with Crippen LogP contribution in [0.2, 0.25) is 0 Å². The highest BCUT2D eigenvalue weighted by molar-refractivity contribution is 8.00. The van der Waals surface area contributed by atoms with Gasteiger partial charge in [-0.05, 0) is 30.7 Å². The van der Waals surface area contributed by atoms with E-state index in [2.05, 4.69) is 20.8 Å². The van der Waals surface area contributed by atoms with Crippen LogP contribution in [-0.4, -0.2) is 4.75 Å². The number of hydrogen-bond donors (Lipinski definition) is 0. The largest absolute Gasteiger partial charge is 0.207 e. The van der Waals surface area contributed by atoms with Crippen LogP contribution in [-0.2, 0) is 0 Å². The predicted octanol–water partition coefficient (Wildman–Crippen LogP) is 4.02. The Kier molecular flexibility index (Phi) is 3.01. The topological polar surface area (TPSA) is 0 Å². The number of rotatable bonds is 1. The van der Waals surface area contributed by atoms with Crippen molar-refractivity contribution in [2.45, 2.75) is 37.3 Å². The van der Waals surface area contributed by atoms with Crippen molar-refractivity contribution in [1.29, 1.82) is 0 Å².